The summed E-state index contributed by atoms with van der Waals surface area (Å²) in [6, 6.07) is 13.0. The van der Waals surface area contributed by atoms with Crippen LogP contribution in [0.2, 0.25) is 0 Å². The van der Waals surface area contributed by atoms with Crippen LogP contribution in [-0.4, -0.2) is 10.2 Å². The Bertz CT molecular complexity index is 730. The SMILES string of the molecule is Cc1cc2ccc3cc(O)ccc3c2cc1O. The molecule has 0 aromatic heterocycles. The molecule has 0 saturated carbocycles. The second-order valence-corrected chi connectivity index (χ2v) is 4.33. The van der Waals surface area contributed by atoms with Gasteiger partial charge in [0.25, 0.3) is 0 Å². The van der Waals surface area contributed by atoms with Crippen LogP contribution < -0.4 is 0 Å². The summed E-state index contributed by atoms with van der Waals surface area (Å²) in [5, 5.41) is 23.3. The maximum absolute atomic E-state index is 9.78. The predicted molar refractivity (Wildman–Crippen MR) is 69.5 cm³/mol. The van der Waals surface area contributed by atoms with E-state index >= 15 is 0 Å². The zero-order valence-corrected chi connectivity index (χ0v) is 9.44. The lowest BCUT2D eigenvalue weighted by molar-refractivity contribution is 0.472. The average Bonchev–Trinajstić information content (AvgIpc) is 2.30. The molecule has 17 heavy (non-hydrogen) atoms. The van der Waals surface area contributed by atoms with Gasteiger partial charge in [-0.25, -0.2) is 0 Å². The molecule has 3 rings (SSSR count). The standard InChI is InChI=1S/C15H12O2/c1-9-6-10-2-3-11-7-12(16)4-5-13(11)14(10)8-15(9)17/h2-8,16-17H,1H3. The number of rotatable bonds is 0. The normalized spacial score (nSPS) is 11.1. The van der Waals surface area contributed by atoms with Gasteiger partial charge in [0.15, 0.2) is 0 Å². The minimum atomic E-state index is 0.258. The highest BCUT2D eigenvalue weighted by atomic mass is 16.3. The Morgan fingerprint density at radius 3 is 2.24 bits per heavy atom. The van der Waals surface area contributed by atoms with Gasteiger partial charge in [-0.05, 0) is 58.3 Å². The van der Waals surface area contributed by atoms with E-state index in [0.717, 1.165) is 27.1 Å². The van der Waals surface area contributed by atoms with Crippen molar-refractivity contribution in [1.82, 2.24) is 0 Å². The molecule has 0 bridgehead atoms. The van der Waals surface area contributed by atoms with Gasteiger partial charge in [0.1, 0.15) is 11.5 Å². The average molecular weight is 224 g/mol. The highest BCUT2D eigenvalue weighted by Crippen LogP contribution is 2.31. The molecular formula is C15H12O2. The number of aryl methyl sites for hydroxylation is 1. The van der Waals surface area contributed by atoms with Crippen LogP contribution in [0.3, 0.4) is 0 Å². The molecule has 0 radical (unpaired) electrons. The second kappa shape index (κ2) is 3.39. The van der Waals surface area contributed by atoms with Gasteiger partial charge in [0, 0.05) is 0 Å². The maximum Gasteiger partial charge on any atom is 0.119 e. The summed E-state index contributed by atoms with van der Waals surface area (Å²) >= 11 is 0. The topological polar surface area (TPSA) is 40.5 Å². The van der Waals surface area contributed by atoms with E-state index in [1.54, 1.807) is 18.2 Å². The van der Waals surface area contributed by atoms with Gasteiger partial charge in [-0.15, -0.1) is 0 Å². The third-order valence-corrected chi connectivity index (χ3v) is 3.14. The molecule has 0 unspecified atom stereocenters. The van der Waals surface area contributed by atoms with Gasteiger partial charge in [-0.2, -0.15) is 0 Å². The zero-order valence-electron chi connectivity index (χ0n) is 9.44. The van der Waals surface area contributed by atoms with E-state index in [1.807, 2.05) is 31.2 Å². The van der Waals surface area contributed by atoms with Crippen molar-refractivity contribution in [2.24, 2.45) is 0 Å². The first kappa shape index (κ1) is 9.97. The Balaban J connectivity index is 2.50. The number of phenolic OH excluding ortho intramolecular Hbond substituents is 2. The van der Waals surface area contributed by atoms with Crippen molar-refractivity contribution in [1.29, 1.82) is 0 Å². The lowest BCUT2D eigenvalue weighted by Crippen LogP contribution is -1.80. The van der Waals surface area contributed by atoms with Crippen LogP contribution in [0, 0.1) is 6.92 Å². The molecule has 0 amide bonds. The minimum Gasteiger partial charge on any atom is -0.508 e. The number of fused-ring (bicyclic) bond motifs is 3. The lowest BCUT2D eigenvalue weighted by atomic mass is 10.00. The molecule has 2 nitrogen and oxygen atoms in total. The van der Waals surface area contributed by atoms with Crippen molar-refractivity contribution < 1.29 is 10.2 Å². The lowest BCUT2D eigenvalue weighted by Gasteiger charge is -2.07. The van der Waals surface area contributed by atoms with Crippen LogP contribution in [0.25, 0.3) is 21.5 Å². The molecule has 0 aliphatic rings. The molecule has 0 aliphatic heterocycles. The number of hydrogen-bond acceptors (Lipinski definition) is 2. The molecule has 3 aromatic carbocycles. The van der Waals surface area contributed by atoms with Gasteiger partial charge in [-0.3, -0.25) is 0 Å². The van der Waals surface area contributed by atoms with Crippen molar-refractivity contribution in [3.8, 4) is 11.5 Å². The Kier molecular flexibility index (Phi) is 1.99. The van der Waals surface area contributed by atoms with Crippen LogP contribution in [0.4, 0.5) is 0 Å². The smallest absolute Gasteiger partial charge is 0.119 e. The van der Waals surface area contributed by atoms with Crippen LogP contribution in [0.5, 0.6) is 11.5 Å². The van der Waals surface area contributed by atoms with Crippen molar-refractivity contribution in [2.45, 2.75) is 6.92 Å². The maximum atomic E-state index is 9.78. The Labute approximate surface area is 98.7 Å². The highest BCUT2D eigenvalue weighted by molar-refractivity contribution is 6.08. The van der Waals surface area contributed by atoms with E-state index < -0.39 is 0 Å². The largest absolute Gasteiger partial charge is 0.508 e. The first-order valence-electron chi connectivity index (χ1n) is 5.50. The van der Waals surface area contributed by atoms with Crippen LogP contribution >= 0.6 is 0 Å². The predicted octanol–water partition coefficient (Wildman–Crippen LogP) is 3.71. The summed E-state index contributed by atoms with van der Waals surface area (Å²) < 4.78 is 0. The molecular weight excluding hydrogens is 212 g/mol. The summed E-state index contributed by atoms with van der Waals surface area (Å²) in [5.74, 6) is 0.561. The van der Waals surface area contributed by atoms with E-state index in [9.17, 15) is 10.2 Å². The summed E-state index contributed by atoms with van der Waals surface area (Å²) in [7, 11) is 0. The molecule has 0 heterocycles. The van der Waals surface area contributed by atoms with E-state index in [4.69, 9.17) is 0 Å². The van der Waals surface area contributed by atoms with Crippen molar-refractivity contribution >= 4 is 21.5 Å². The molecule has 2 N–H and O–H groups in total. The quantitative estimate of drug-likeness (QED) is 0.571. The van der Waals surface area contributed by atoms with Gasteiger partial charge in [-0.1, -0.05) is 18.2 Å². The molecule has 0 saturated heterocycles. The molecule has 0 fully saturated rings. The molecule has 3 aromatic rings. The van der Waals surface area contributed by atoms with Crippen LogP contribution in [0.15, 0.2) is 42.5 Å². The third-order valence-electron chi connectivity index (χ3n) is 3.14. The van der Waals surface area contributed by atoms with E-state index in [-0.39, 0.29) is 5.75 Å². The van der Waals surface area contributed by atoms with E-state index in [2.05, 4.69) is 0 Å². The monoisotopic (exact) mass is 224 g/mol. The number of benzene rings is 3. The van der Waals surface area contributed by atoms with Gasteiger partial charge >= 0.3 is 0 Å². The fourth-order valence-corrected chi connectivity index (χ4v) is 2.20. The van der Waals surface area contributed by atoms with E-state index in [1.165, 1.54) is 0 Å². The van der Waals surface area contributed by atoms with Crippen LogP contribution in [-0.2, 0) is 0 Å². The molecule has 2 heteroatoms. The fraction of sp³-hybridized carbons (Fsp3) is 0.0667. The second-order valence-electron chi connectivity index (χ2n) is 4.33. The van der Waals surface area contributed by atoms with Crippen molar-refractivity contribution in [2.75, 3.05) is 0 Å². The highest BCUT2D eigenvalue weighted by Gasteiger charge is 2.04. The summed E-state index contributed by atoms with van der Waals surface area (Å²) in [6.45, 7) is 1.88. The molecule has 84 valence electrons. The van der Waals surface area contributed by atoms with Crippen LogP contribution in [0.1, 0.15) is 5.56 Å². The number of hydrogen-bond donors (Lipinski definition) is 2. The summed E-state index contributed by atoms with van der Waals surface area (Å²) in [5.41, 5.74) is 0.871. The first-order valence-corrected chi connectivity index (χ1v) is 5.50. The van der Waals surface area contributed by atoms with Crippen molar-refractivity contribution in [3.63, 3.8) is 0 Å². The third kappa shape index (κ3) is 1.49. The Morgan fingerprint density at radius 2 is 1.47 bits per heavy atom. The fourth-order valence-electron chi connectivity index (χ4n) is 2.20. The van der Waals surface area contributed by atoms with Gasteiger partial charge in [0.05, 0.1) is 0 Å². The summed E-state index contributed by atoms with van der Waals surface area (Å²) in [4.78, 5) is 0. The van der Waals surface area contributed by atoms with Gasteiger partial charge in [0.2, 0.25) is 0 Å². The zero-order chi connectivity index (χ0) is 12.0. The minimum absolute atomic E-state index is 0.258. The summed E-state index contributed by atoms with van der Waals surface area (Å²) in [6.07, 6.45) is 0. The Morgan fingerprint density at radius 1 is 0.765 bits per heavy atom. The molecule has 0 atom stereocenters. The Hall–Kier alpha value is -2.22. The molecule has 0 spiro atoms. The van der Waals surface area contributed by atoms with Crippen molar-refractivity contribution in [3.05, 3.63) is 48.0 Å². The number of aromatic hydroxyl groups is 2. The number of phenols is 2. The van der Waals surface area contributed by atoms with E-state index in [0.29, 0.717) is 5.75 Å². The molecule has 0 aliphatic carbocycles. The first-order chi connectivity index (χ1) is 8.15. The van der Waals surface area contributed by atoms with Gasteiger partial charge < -0.3 is 10.2 Å².